The maximum Gasteiger partial charge on any atom is 0.175 e. The number of aliphatic hydroxyl groups is 1. The predicted molar refractivity (Wildman–Crippen MR) is 117 cm³/mol. The maximum absolute atomic E-state index is 10.3. The van der Waals surface area contributed by atoms with Gasteiger partial charge in [0.1, 0.15) is 12.7 Å². The highest BCUT2D eigenvalue weighted by atomic mass is 79.9. The molecule has 150 valence electrons. The number of nitrogens with one attached hydrogen (secondary N) is 1. The molecule has 3 aromatic rings. The zero-order valence-electron chi connectivity index (χ0n) is 16.7. The fourth-order valence-electron chi connectivity index (χ4n) is 3.26. The number of aliphatic hydroxyl groups excluding tert-OH is 1. The lowest BCUT2D eigenvalue weighted by atomic mass is 10.2. The number of para-hydroxylation sites is 1. The van der Waals surface area contributed by atoms with E-state index in [2.05, 4.69) is 50.9 Å². The molecule has 0 saturated heterocycles. The second-order valence-electron chi connectivity index (χ2n) is 7.14. The lowest BCUT2D eigenvalue weighted by Gasteiger charge is -2.18. The fourth-order valence-corrected chi connectivity index (χ4v) is 3.82. The summed E-state index contributed by atoms with van der Waals surface area (Å²) in [5.41, 5.74) is 3.19. The van der Waals surface area contributed by atoms with Gasteiger partial charge in [-0.25, -0.2) is 0 Å². The van der Waals surface area contributed by atoms with E-state index in [1.165, 1.54) is 0 Å². The van der Waals surface area contributed by atoms with Gasteiger partial charge in [-0.2, -0.15) is 0 Å². The summed E-state index contributed by atoms with van der Waals surface area (Å²) in [4.78, 5) is 0. The van der Waals surface area contributed by atoms with Crippen molar-refractivity contribution in [2.45, 2.75) is 32.9 Å². The molecule has 0 aliphatic rings. The number of hydrogen-bond acceptors (Lipinski definition) is 4. The third-order valence-electron chi connectivity index (χ3n) is 4.55. The van der Waals surface area contributed by atoms with Crippen LogP contribution in [0, 0.1) is 6.92 Å². The van der Waals surface area contributed by atoms with Crippen molar-refractivity contribution in [3.8, 4) is 17.2 Å². The molecule has 0 aliphatic carbocycles. The quantitative estimate of drug-likeness (QED) is 0.536. The zero-order chi connectivity index (χ0) is 20.3. The average Bonchev–Trinajstić information content (AvgIpc) is 3.00. The van der Waals surface area contributed by atoms with E-state index in [1.54, 1.807) is 7.11 Å². The minimum atomic E-state index is -0.613. The second-order valence-corrected chi connectivity index (χ2v) is 7.99. The smallest absolute Gasteiger partial charge is 0.175 e. The highest BCUT2D eigenvalue weighted by Gasteiger charge is 2.20. The van der Waals surface area contributed by atoms with E-state index >= 15 is 0 Å². The van der Waals surface area contributed by atoms with Crippen molar-refractivity contribution in [3.63, 3.8) is 0 Å². The highest BCUT2D eigenvalue weighted by molar-refractivity contribution is 9.10. The van der Waals surface area contributed by atoms with Gasteiger partial charge in [-0.15, -0.1) is 0 Å². The molecule has 28 heavy (non-hydrogen) atoms. The van der Waals surface area contributed by atoms with Crippen LogP contribution in [0.3, 0.4) is 0 Å². The van der Waals surface area contributed by atoms with Crippen molar-refractivity contribution in [1.82, 2.24) is 9.88 Å². The van der Waals surface area contributed by atoms with E-state index in [-0.39, 0.29) is 6.61 Å². The van der Waals surface area contributed by atoms with Crippen LogP contribution in [0.4, 0.5) is 0 Å². The standard InChI is InChI=1S/C22H27BrN2O3/c1-14(2)24-12-17(26)13-28-21-18-10-15(3)25(16-8-6-5-7-9-16)20(18)11-19(23)22(21)27-4/h5-11,14,17,24,26H,12-13H2,1-4H3. The van der Waals surface area contributed by atoms with E-state index in [9.17, 15) is 5.11 Å². The molecule has 5 nitrogen and oxygen atoms in total. The summed E-state index contributed by atoms with van der Waals surface area (Å²) in [7, 11) is 1.62. The fraction of sp³-hybridized carbons (Fsp3) is 0.364. The van der Waals surface area contributed by atoms with Crippen LogP contribution in [0.15, 0.2) is 46.9 Å². The average molecular weight is 447 g/mol. The molecule has 0 aliphatic heterocycles. The number of ether oxygens (including phenoxy) is 2. The first-order chi connectivity index (χ1) is 13.4. The summed E-state index contributed by atoms with van der Waals surface area (Å²) in [5.74, 6) is 1.26. The van der Waals surface area contributed by atoms with Gasteiger partial charge in [0, 0.05) is 29.4 Å². The molecule has 0 bridgehead atoms. The minimum Gasteiger partial charge on any atom is -0.492 e. The van der Waals surface area contributed by atoms with E-state index in [0.717, 1.165) is 26.8 Å². The van der Waals surface area contributed by atoms with E-state index in [0.29, 0.717) is 24.1 Å². The summed E-state index contributed by atoms with van der Waals surface area (Å²) in [6.07, 6.45) is -0.613. The number of halogens is 1. The number of nitrogens with zero attached hydrogens (tertiary/aromatic N) is 1. The Morgan fingerprint density at radius 3 is 2.50 bits per heavy atom. The second kappa shape index (κ2) is 8.99. The third-order valence-corrected chi connectivity index (χ3v) is 5.14. The Bertz CT molecular complexity index is 938. The van der Waals surface area contributed by atoms with Crippen molar-refractivity contribution in [3.05, 3.63) is 52.6 Å². The molecule has 2 N–H and O–H groups in total. The summed E-state index contributed by atoms with van der Waals surface area (Å²) < 4.78 is 14.6. The van der Waals surface area contributed by atoms with Gasteiger partial charge in [0.25, 0.3) is 0 Å². The molecule has 2 aromatic carbocycles. The van der Waals surface area contributed by atoms with Crippen LogP contribution < -0.4 is 14.8 Å². The third kappa shape index (κ3) is 4.35. The molecule has 1 aromatic heterocycles. The Hall–Kier alpha value is -2.02. The van der Waals surface area contributed by atoms with E-state index in [1.807, 2.05) is 38.1 Å². The Morgan fingerprint density at radius 2 is 1.86 bits per heavy atom. The first-order valence-corrected chi connectivity index (χ1v) is 10.2. The van der Waals surface area contributed by atoms with E-state index < -0.39 is 6.10 Å². The van der Waals surface area contributed by atoms with Crippen LogP contribution in [-0.4, -0.2) is 42.1 Å². The van der Waals surface area contributed by atoms with Crippen LogP contribution in [0.25, 0.3) is 16.6 Å². The number of benzene rings is 2. The molecule has 6 heteroatoms. The van der Waals surface area contributed by atoms with Gasteiger partial charge in [-0.05, 0) is 47.1 Å². The Kier molecular flexibility index (Phi) is 6.65. The van der Waals surface area contributed by atoms with Crippen LogP contribution in [0.5, 0.6) is 11.5 Å². The van der Waals surface area contributed by atoms with Crippen molar-refractivity contribution in [2.24, 2.45) is 0 Å². The summed E-state index contributed by atoms with van der Waals surface area (Å²) in [6.45, 7) is 6.81. The van der Waals surface area contributed by atoms with Gasteiger partial charge < -0.3 is 24.5 Å². The van der Waals surface area contributed by atoms with Crippen LogP contribution in [0.1, 0.15) is 19.5 Å². The lowest BCUT2D eigenvalue weighted by molar-refractivity contribution is 0.104. The molecule has 0 amide bonds. The van der Waals surface area contributed by atoms with E-state index in [4.69, 9.17) is 9.47 Å². The first-order valence-electron chi connectivity index (χ1n) is 9.40. The van der Waals surface area contributed by atoms with Crippen molar-refractivity contribution >= 4 is 26.8 Å². The largest absolute Gasteiger partial charge is 0.492 e. The highest BCUT2D eigenvalue weighted by Crippen LogP contribution is 2.43. The van der Waals surface area contributed by atoms with Gasteiger partial charge in [0.2, 0.25) is 0 Å². The molecule has 0 radical (unpaired) electrons. The molecule has 0 saturated carbocycles. The predicted octanol–water partition coefficient (Wildman–Crippen LogP) is 4.45. The monoisotopic (exact) mass is 446 g/mol. The molecule has 1 atom stereocenters. The maximum atomic E-state index is 10.3. The van der Waals surface area contributed by atoms with Gasteiger partial charge in [0.05, 0.1) is 17.1 Å². The first kappa shape index (κ1) is 20.7. The number of aromatic nitrogens is 1. The number of aryl methyl sites for hydroxylation is 1. The molecule has 1 unspecified atom stereocenters. The van der Waals surface area contributed by atoms with Crippen molar-refractivity contribution < 1.29 is 14.6 Å². The Balaban J connectivity index is 2.01. The minimum absolute atomic E-state index is 0.178. The Morgan fingerprint density at radius 1 is 1.14 bits per heavy atom. The zero-order valence-corrected chi connectivity index (χ0v) is 18.3. The summed E-state index contributed by atoms with van der Waals surface area (Å²) in [5, 5.41) is 14.4. The molecule has 3 rings (SSSR count). The number of methoxy groups -OCH3 is 1. The lowest BCUT2D eigenvalue weighted by Crippen LogP contribution is -2.35. The number of hydrogen-bond donors (Lipinski definition) is 2. The Labute approximate surface area is 174 Å². The molecule has 1 heterocycles. The molecular weight excluding hydrogens is 420 g/mol. The summed E-state index contributed by atoms with van der Waals surface area (Å²) >= 11 is 3.61. The topological polar surface area (TPSA) is 55.7 Å². The molecular formula is C22H27BrN2O3. The SMILES string of the molecule is COc1c(Br)cc2c(cc(C)n2-c2ccccc2)c1OCC(O)CNC(C)C. The van der Waals surface area contributed by atoms with Crippen molar-refractivity contribution in [2.75, 3.05) is 20.3 Å². The van der Waals surface area contributed by atoms with Gasteiger partial charge in [-0.1, -0.05) is 32.0 Å². The number of fused-ring (bicyclic) bond motifs is 1. The van der Waals surface area contributed by atoms with Gasteiger partial charge >= 0.3 is 0 Å². The van der Waals surface area contributed by atoms with Gasteiger partial charge in [0.15, 0.2) is 11.5 Å². The summed E-state index contributed by atoms with van der Waals surface area (Å²) in [6, 6.07) is 14.6. The van der Waals surface area contributed by atoms with Crippen molar-refractivity contribution in [1.29, 1.82) is 0 Å². The normalized spacial score (nSPS) is 12.5. The van der Waals surface area contributed by atoms with Crippen LogP contribution in [-0.2, 0) is 0 Å². The molecule has 0 spiro atoms. The van der Waals surface area contributed by atoms with Gasteiger partial charge in [-0.3, -0.25) is 0 Å². The molecule has 0 fully saturated rings. The van der Waals surface area contributed by atoms with Crippen LogP contribution in [0.2, 0.25) is 0 Å². The number of rotatable bonds is 8. The van der Waals surface area contributed by atoms with Crippen LogP contribution >= 0.6 is 15.9 Å².